The minimum Gasteiger partial charge on any atom is -0.481 e. The van der Waals surface area contributed by atoms with Gasteiger partial charge in [0.15, 0.2) is 5.96 Å². The SMILES string of the molecule is CCC(C)C(N)C(=O)NC(CC(N)=O)C(=O)NC(CC(=O)O)C(=O)NC(CCCN=C(N)N)C(=O)O. The Morgan fingerprint density at radius 2 is 1.33 bits per heavy atom. The molecule has 0 saturated carbocycles. The summed E-state index contributed by atoms with van der Waals surface area (Å²) in [5, 5.41) is 25.1. The van der Waals surface area contributed by atoms with Crippen LogP contribution in [0.2, 0.25) is 0 Å². The van der Waals surface area contributed by atoms with E-state index >= 15 is 0 Å². The summed E-state index contributed by atoms with van der Waals surface area (Å²) in [5.74, 6) is -7.25. The molecule has 0 radical (unpaired) electrons. The molecule has 0 fully saturated rings. The highest BCUT2D eigenvalue weighted by molar-refractivity contribution is 5.97. The van der Waals surface area contributed by atoms with Gasteiger partial charge in [0.2, 0.25) is 23.6 Å². The zero-order valence-corrected chi connectivity index (χ0v) is 20.2. The van der Waals surface area contributed by atoms with Gasteiger partial charge >= 0.3 is 11.9 Å². The first-order valence-corrected chi connectivity index (χ1v) is 11.1. The molecule has 204 valence electrons. The van der Waals surface area contributed by atoms with E-state index in [0.29, 0.717) is 6.42 Å². The Morgan fingerprint density at radius 1 is 0.833 bits per heavy atom. The zero-order valence-electron chi connectivity index (χ0n) is 20.2. The molecular formula is C20H36N8O8. The molecule has 4 amide bonds. The van der Waals surface area contributed by atoms with Crippen LogP contribution < -0.4 is 38.9 Å². The predicted molar refractivity (Wildman–Crippen MR) is 127 cm³/mol. The van der Waals surface area contributed by atoms with Crippen molar-refractivity contribution in [3.63, 3.8) is 0 Å². The van der Waals surface area contributed by atoms with Crippen LogP contribution in [0.5, 0.6) is 0 Å². The number of aliphatic imine (C=N–C) groups is 1. The minimum atomic E-state index is -1.73. The minimum absolute atomic E-state index is 0.0879. The molecule has 16 nitrogen and oxygen atoms in total. The summed E-state index contributed by atoms with van der Waals surface area (Å²) in [7, 11) is 0. The molecular weight excluding hydrogens is 480 g/mol. The van der Waals surface area contributed by atoms with Crippen LogP contribution in [-0.2, 0) is 28.8 Å². The fraction of sp³-hybridized carbons (Fsp3) is 0.650. The molecule has 0 heterocycles. The monoisotopic (exact) mass is 516 g/mol. The average Bonchev–Trinajstić information content (AvgIpc) is 2.77. The number of guanidine groups is 1. The highest BCUT2D eigenvalue weighted by Crippen LogP contribution is 2.07. The van der Waals surface area contributed by atoms with Crippen molar-refractivity contribution in [2.45, 2.75) is 70.1 Å². The maximum Gasteiger partial charge on any atom is 0.326 e. The van der Waals surface area contributed by atoms with Crippen molar-refractivity contribution in [2.24, 2.45) is 33.8 Å². The average molecular weight is 517 g/mol. The highest BCUT2D eigenvalue weighted by atomic mass is 16.4. The fourth-order valence-electron chi connectivity index (χ4n) is 2.88. The largest absolute Gasteiger partial charge is 0.481 e. The van der Waals surface area contributed by atoms with Gasteiger partial charge in [-0.25, -0.2) is 4.79 Å². The summed E-state index contributed by atoms with van der Waals surface area (Å²) in [4.78, 5) is 75.7. The first-order valence-electron chi connectivity index (χ1n) is 11.1. The van der Waals surface area contributed by atoms with E-state index in [4.69, 9.17) is 28.0 Å². The third kappa shape index (κ3) is 12.5. The summed E-state index contributed by atoms with van der Waals surface area (Å²) in [6.45, 7) is 3.59. The van der Waals surface area contributed by atoms with Crippen molar-refractivity contribution < 1.29 is 39.0 Å². The first kappa shape index (κ1) is 32.0. The number of hydrogen-bond acceptors (Lipinski definition) is 8. The van der Waals surface area contributed by atoms with Gasteiger partial charge in [0.25, 0.3) is 0 Å². The van der Waals surface area contributed by atoms with Gasteiger partial charge in [-0.1, -0.05) is 20.3 Å². The van der Waals surface area contributed by atoms with Crippen LogP contribution in [0.15, 0.2) is 4.99 Å². The molecule has 0 aromatic rings. The molecule has 13 N–H and O–H groups in total. The molecule has 5 unspecified atom stereocenters. The molecule has 0 saturated heterocycles. The molecule has 0 bridgehead atoms. The lowest BCUT2D eigenvalue weighted by molar-refractivity contribution is -0.144. The van der Waals surface area contributed by atoms with Gasteiger partial charge < -0.3 is 49.1 Å². The maximum absolute atomic E-state index is 12.8. The molecule has 0 aliphatic carbocycles. The predicted octanol–water partition coefficient (Wildman–Crippen LogP) is -3.70. The topological polar surface area (TPSA) is 295 Å². The number of carbonyl (C=O) groups is 6. The van der Waals surface area contributed by atoms with E-state index in [2.05, 4.69) is 20.9 Å². The second-order valence-electron chi connectivity index (χ2n) is 8.15. The van der Waals surface area contributed by atoms with Gasteiger partial charge in [0.1, 0.15) is 18.1 Å². The van der Waals surface area contributed by atoms with Gasteiger partial charge in [-0.2, -0.15) is 0 Å². The van der Waals surface area contributed by atoms with Crippen LogP contribution in [0.25, 0.3) is 0 Å². The fourth-order valence-corrected chi connectivity index (χ4v) is 2.88. The lowest BCUT2D eigenvalue weighted by Gasteiger charge is -2.25. The lowest BCUT2D eigenvalue weighted by atomic mass is 9.99. The second kappa shape index (κ2) is 15.9. The molecule has 0 aromatic heterocycles. The third-order valence-corrected chi connectivity index (χ3v) is 5.17. The van der Waals surface area contributed by atoms with E-state index in [-0.39, 0.29) is 31.3 Å². The van der Waals surface area contributed by atoms with Gasteiger partial charge in [-0.3, -0.25) is 29.0 Å². The number of carbonyl (C=O) groups excluding carboxylic acids is 4. The zero-order chi connectivity index (χ0) is 28.0. The Labute approximate surface area is 207 Å². The summed E-state index contributed by atoms with van der Waals surface area (Å²) < 4.78 is 0. The molecule has 0 spiro atoms. The summed E-state index contributed by atoms with van der Waals surface area (Å²) in [5.41, 5.74) is 21.4. The van der Waals surface area contributed by atoms with Gasteiger partial charge in [-0.05, 0) is 18.8 Å². The summed E-state index contributed by atoms with van der Waals surface area (Å²) >= 11 is 0. The normalized spacial score (nSPS) is 14.8. The highest BCUT2D eigenvalue weighted by Gasteiger charge is 2.32. The van der Waals surface area contributed by atoms with Crippen molar-refractivity contribution >= 4 is 41.5 Å². The van der Waals surface area contributed by atoms with Crippen molar-refractivity contribution in [1.29, 1.82) is 0 Å². The lowest BCUT2D eigenvalue weighted by Crippen LogP contribution is -2.58. The number of aliphatic carboxylic acids is 2. The van der Waals surface area contributed by atoms with Crippen molar-refractivity contribution in [3.8, 4) is 0 Å². The number of carboxylic acid groups (broad SMARTS) is 2. The Balaban J connectivity index is 5.54. The van der Waals surface area contributed by atoms with E-state index in [1.165, 1.54) is 0 Å². The van der Waals surface area contributed by atoms with E-state index in [1.807, 2.05) is 0 Å². The van der Waals surface area contributed by atoms with Crippen molar-refractivity contribution in [1.82, 2.24) is 16.0 Å². The van der Waals surface area contributed by atoms with Crippen LogP contribution in [0.3, 0.4) is 0 Å². The molecule has 0 rings (SSSR count). The molecule has 16 heteroatoms. The maximum atomic E-state index is 12.8. The summed E-state index contributed by atoms with van der Waals surface area (Å²) in [6.07, 6.45) is -0.942. The smallest absolute Gasteiger partial charge is 0.326 e. The number of rotatable bonds is 17. The quantitative estimate of drug-likeness (QED) is 0.0514. The Morgan fingerprint density at radius 3 is 1.78 bits per heavy atom. The van der Waals surface area contributed by atoms with Gasteiger partial charge in [0.05, 0.1) is 18.9 Å². The number of nitrogens with zero attached hydrogens (tertiary/aromatic N) is 1. The van der Waals surface area contributed by atoms with Crippen LogP contribution in [0.1, 0.15) is 46.0 Å². The summed E-state index contributed by atoms with van der Waals surface area (Å²) in [6, 6.07) is -5.73. The number of carboxylic acids is 2. The Kier molecular flexibility index (Phi) is 14.1. The van der Waals surface area contributed by atoms with Crippen LogP contribution in [0, 0.1) is 5.92 Å². The number of hydrogen-bond donors (Lipinski definition) is 9. The van der Waals surface area contributed by atoms with Crippen molar-refractivity contribution in [2.75, 3.05) is 6.54 Å². The number of amides is 4. The van der Waals surface area contributed by atoms with Gasteiger partial charge in [-0.15, -0.1) is 0 Å². The molecule has 5 atom stereocenters. The van der Waals surface area contributed by atoms with Crippen LogP contribution in [-0.4, -0.2) is 82.5 Å². The van der Waals surface area contributed by atoms with E-state index in [9.17, 15) is 33.9 Å². The Hall–Kier alpha value is -3.95. The molecule has 0 aliphatic rings. The molecule has 0 aromatic carbocycles. The third-order valence-electron chi connectivity index (χ3n) is 5.17. The second-order valence-corrected chi connectivity index (χ2v) is 8.15. The number of nitrogens with two attached hydrogens (primary N) is 4. The van der Waals surface area contributed by atoms with E-state index < -0.39 is 72.6 Å². The van der Waals surface area contributed by atoms with Gasteiger partial charge in [0, 0.05) is 6.54 Å². The Bertz CT molecular complexity index is 846. The number of primary amides is 1. The van der Waals surface area contributed by atoms with Crippen LogP contribution >= 0.6 is 0 Å². The first-order chi connectivity index (χ1) is 16.7. The van der Waals surface area contributed by atoms with E-state index in [1.54, 1.807) is 13.8 Å². The standard InChI is InChI=1S/C20H36N8O8/c1-3-9(2)15(22)18(34)28-11(7-13(21)29)16(32)27-12(8-14(30)31)17(33)26-10(19(35)36)5-4-6-25-20(23)24/h9-12,15H,3-8,22H2,1-2H3,(H2,21,29)(H,26,33)(H,27,32)(H,28,34)(H,30,31)(H,35,36)(H4,23,24,25). The van der Waals surface area contributed by atoms with Crippen molar-refractivity contribution in [3.05, 3.63) is 0 Å². The number of nitrogens with one attached hydrogen (secondary N) is 3. The van der Waals surface area contributed by atoms with E-state index in [0.717, 1.165) is 0 Å². The molecule has 36 heavy (non-hydrogen) atoms. The molecule has 0 aliphatic heterocycles. The van der Waals surface area contributed by atoms with Crippen LogP contribution in [0.4, 0.5) is 0 Å².